The fraction of sp³-hybridized carbons (Fsp3) is 0.263. The van der Waals surface area contributed by atoms with Crippen molar-refractivity contribution >= 4 is 23.2 Å². The largest absolute Gasteiger partial charge is 0.476 e. The normalized spacial score (nSPS) is 10.7. The lowest BCUT2D eigenvalue weighted by atomic mass is 10.1. The molecule has 2 aromatic heterocycles. The maximum atomic E-state index is 12.0. The molecular formula is C19H20N4O3S. The van der Waals surface area contributed by atoms with E-state index in [1.54, 1.807) is 17.5 Å². The van der Waals surface area contributed by atoms with Crippen LogP contribution in [0.25, 0.3) is 5.69 Å². The molecule has 0 bridgehead atoms. The van der Waals surface area contributed by atoms with Gasteiger partial charge in [0.15, 0.2) is 5.69 Å². The van der Waals surface area contributed by atoms with Crippen molar-refractivity contribution in [2.24, 2.45) is 0 Å². The molecule has 3 aromatic rings. The van der Waals surface area contributed by atoms with E-state index in [0.717, 1.165) is 34.8 Å². The Morgan fingerprint density at radius 3 is 2.85 bits per heavy atom. The quantitative estimate of drug-likeness (QED) is 0.622. The lowest BCUT2D eigenvalue weighted by molar-refractivity contribution is -0.121. The Balaban J connectivity index is 1.50. The number of rotatable bonds is 8. The molecule has 2 N–H and O–H groups in total. The number of aromatic carboxylic acids is 1. The van der Waals surface area contributed by atoms with Crippen molar-refractivity contribution in [2.75, 3.05) is 0 Å². The maximum Gasteiger partial charge on any atom is 0.356 e. The summed E-state index contributed by atoms with van der Waals surface area (Å²) in [5.74, 6) is -1.07. The number of benzene rings is 1. The van der Waals surface area contributed by atoms with Crippen molar-refractivity contribution in [3.05, 3.63) is 63.9 Å². The number of carbonyl (C=O) groups is 2. The highest BCUT2D eigenvalue weighted by molar-refractivity contribution is 7.09. The van der Waals surface area contributed by atoms with Gasteiger partial charge in [0.2, 0.25) is 5.91 Å². The Morgan fingerprint density at radius 1 is 1.30 bits per heavy atom. The van der Waals surface area contributed by atoms with Gasteiger partial charge in [0, 0.05) is 24.5 Å². The van der Waals surface area contributed by atoms with Gasteiger partial charge < -0.3 is 10.4 Å². The van der Waals surface area contributed by atoms with Crippen molar-refractivity contribution in [2.45, 2.75) is 32.7 Å². The molecule has 0 unspecified atom stereocenters. The lowest BCUT2D eigenvalue weighted by Gasteiger charge is -2.07. The van der Waals surface area contributed by atoms with Gasteiger partial charge in [-0.2, -0.15) is 5.10 Å². The molecular weight excluding hydrogens is 364 g/mol. The topological polar surface area (TPSA) is 97.1 Å². The molecule has 0 spiro atoms. The van der Waals surface area contributed by atoms with E-state index < -0.39 is 5.97 Å². The number of thiazole rings is 1. The van der Waals surface area contributed by atoms with E-state index >= 15 is 0 Å². The molecule has 0 saturated heterocycles. The molecule has 7 nitrogen and oxygen atoms in total. The van der Waals surface area contributed by atoms with Gasteiger partial charge in [-0.25, -0.2) is 14.5 Å². The second-order valence-corrected chi connectivity index (χ2v) is 7.17. The van der Waals surface area contributed by atoms with Crippen LogP contribution in [-0.4, -0.2) is 31.7 Å². The molecule has 1 aromatic carbocycles. The van der Waals surface area contributed by atoms with Gasteiger partial charge in [0.25, 0.3) is 0 Å². The summed E-state index contributed by atoms with van der Waals surface area (Å²) in [5, 5.41) is 19.0. The molecule has 0 saturated carbocycles. The minimum Gasteiger partial charge on any atom is -0.476 e. The van der Waals surface area contributed by atoms with E-state index in [0.29, 0.717) is 13.0 Å². The first kappa shape index (κ1) is 18.8. The number of nitrogens with one attached hydrogen (secondary N) is 1. The Kier molecular flexibility index (Phi) is 5.97. The zero-order valence-corrected chi connectivity index (χ0v) is 15.7. The fourth-order valence-corrected chi connectivity index (χ4v) is 3.28. The smallest absolute Gasteiger partial charge is 0.356 e. The predicted octanol–water partition coefficient (Wildman–Crippen LogP) is 2.97. The van der Waals surface area contributed by atoms with Gasteiger partial charge in [-0.1, -0.05) is 12.1 Å². The molecule has 0 aliphatic rings. The van der Waals surface area contributed by atoms with Crippen LogP contribution in [0.3, 0.4) is 0 Å². The van der Waals surface area contributed by atoms with Crippen molar-refractivity contribution < 1.29 is 14.7 Å². The van der Waals surface area contributed by atoms with Crippen LogP contribution in [-0.2, 0) is 17.8 Å². The van der Waals surface area contributed by atoms with E-state index in [1.165, 1.54) is 10.7 Å². The molecule has 140 valence electrons. The number of hydrogen-bond acceptors (Lipinski definition) is 5. The number of nitrogens with zero attached hydrogens (tertiary/aromatic N) is 3. The van der Waals surface area contributed by atoms with E-state index in [4.69, 9.17) is 5.11 Å². The minimum absolute atomic E-state index is 0.000364. The summed E-state index contributed by atoms with van der Waals surface area (Å²) in [4.78, 5) is 27.4. The van der Waals surface area contributed by atoms with Crippen LogP contribution in [0, 0.1) is 6.92 Å². The summed E-state index contributed by atoms with van der Waals surface area (Å²) < 4.78 is 1.50. The third-order valence-electron chi connectivity index (χ3n) is 3.98. The molecule has 8 heteroatoms. The first-order valence-corrected chi connectivity index (χ1v) is 9.45. The highest BCUT2D eigenvalue weighted by atomic mass is 32.1. The molecule has 0 aliphatic carbocycles. The van der Waals surface area contributed by atoms with Crippen LogP contribution < -0.4 is 5.32 Å². The monoisotopic (exact) mass is 384 g/mol. The van der Waals surface area contributed by atoms with Gasteiger partial charge >= 0.3 is 5.97 Å². The van der Waals surface area contributed by atoms with Crippen LogP contribution >= 0.6 is 11.3 Å². The minimum atomic E-state index is -1.06. The van der Waals surface area contributed by atoms with Gasteiger partial charge in [-0.15, -0.1) is 11.3 Å². The van der Waals surface area contributed by atoms with Gasteiger partial charge in [-0.05, 0) is 43.5 Å². The summed E-state index contributed by atoms with van der Waals surface area (Å²) in [6.45, 7) is 2.39. The molecule has 0 fully saturated rings. The summed E-state index contributed by atoms with van der Waals surface area (Å²) >= 11 is 1.62. The Hall–Kier alpha value is -3.00. The molecule has 0 radical (unpaired) electrons. The first-order chi connectivity index (χ1) is 13.0. The predicted molar refractivity (Wildman–Crippen MR) is 102 cm³/mol. The lowest BCUT2D eigenvalue weighted by Crippen LogP contribution is -2.22. The Bertz CT molecular complexity index is 948. The van der Waals surface area contributed by atoms with Crippen molar-refractivity contribution in [3.63, 3.8) is 0 Å². The number of hydrogen-bond donors (Lipinski definition) is 2. The SMILES string of the molecule is Cc1nc(CCCC(=O)NCc2cccc(-n3ccc(C(=O)O)n3)c2)cs1. The number of aryl methyl sites for hydroxylation is 2. The van der Waals surface area contributed by atoms with E-state index in [1.807, 2.05) is 36.6 Å². The van der Waals surface area contributed by atoms with Crippen LogP contribution in [0.1, 0.15) is 39.6 Å². The van der Waals surface area contributed by atoms with Gasteiger partial charge in [0.1, 0.15) is 0 Å². The van der Waals surface area contributed by atoms with Gasteiger partial charge in [-0.3, -0.25) is 4.79 Å². The first-order valence-electron chi connectivity index (χ1n) is 8.57. The summed E-state index contributed by atoms with van der Waals surface area (Å²) in [6.07, 6.45) is 3.62. The van der Waals surface area contributed by atoms with Crippen LogP contribution in [0.2, 0.25) is 0 Å². The summed E-state index contributed by atoms with van der Waals surface area (Å²) in [7, 11) is 0. The second-order valence-electron chi connectivity index (χ2n) is 6.11. The van der Waals surface area contributed by atoms with E-state index in [-0.39, 0.29) is 11.6 Å². The molecule has 1 amide bonds. The Labute approximate surface area is 160 Å². The van der Waals surface area contributed by atoms with Crippen LogP contribution in [0.5, 0.6) is 0 Å². The molecule has 3 rings (SSSR count). The number of carboxylic acid groups (broad SMARTS) is 1. The zero-order valence-electron chi connectivity index (χ0n) is 14.9. The molecule has 0 atom stereocenters. The van der Waals surface area contributed by atoms with Crippen LogP contribution in [0.15, 0.2) is 41.9 Å². The third-order valence-corrected chi connectivity index (χ3v) is 4.80. The maximum absolute atomic E-state index is 12.0. The zero-order chi connectivity index (χ0) is 19.2. The number of aromatic nitrogens is 3. The number of amides is 1. The Morgan fingerprint density at radius 2 is 2.15 bits per heavy atom. The standard InChI is InChI=1S/C19H20N4O3S/c1-13-21-15(12-27-13)5-3-7-18(24)20-11-14-4-2-6-16(10-14)23-9-8-17(22-23)19(25)26/h2,4,6,8-10,12H,3,5,7,11H2,1H3,(H,20,24)(H,25,26). The van der Waals surface area contributed by atoms with Crippen LogP contribution in [0.4, 0.5) is 0 Å². The summed E-state index contributed by atoms with van der Waals surface area (Å²) in [5.41, 5.74) is 2.69. The molecule has 0 aliphatic heterocycles. The number of carboxylic acids is 1. The highest BCUT2D eigenvalue weighted by Gasteiger charge is 2.08. The molecule has 2 heterocycles. The van der Waals surface area contributed by atoms with Crippen molar-refractivity contribution in [1.82, 2.24) is 20.1 Å². The average Bonchev–Trinajstić information content (AvgIpc) is 3.30. The van der Waals surface area contributed by atoms with Gasteiger partial charge in [0.05, 0.1) is 16.4 Å². The van der Waals surface area contributed by atoms with E-state index in [2.05, 4.69) is 15.4 Å². The van der Waals surface area contributed by atoms with Crippen molar-refractivity contribution in [1.29, 1.82) is 0 Å². The summed E-state index contributed by atoms with van der Waals surface area (Å²) in [6, 6.07) is 8.91. The highest BCUT2D eigenvalue weighted by Crippen LogP contribution is 2.12. The van der Waals surface area contributed by atoms with Crippen molar-refractivity contribution in [3.8, 4) is 5.69 Å². The molecule has 27 heavy (non-hydrogen) atoms. The third kappa shape index (κ3) is 5.24. The fourth-order valence-electron chi connectivity index (χ4n) is 2.63. The second kappa shape index (κ2) is 8.59. The average molecular weight is 384 g/mol. The van der Waals surface area contributed by atoms with E-state index in [9.17, 15) is 9.59 Å². The number of carbonyl (C=O) groups excluding carboxylic acids is 1.